The second-order valence-electron chi connectivity index (χ2n) is 6.31. The fraction of sp³-hybridized carbons (Fsp3) is 0.529. The van der Waals surface area contributed by atoms with Gasteiger partial charge in [0.15, 0.2) is 0 Å². The summed E-state index contributed by atoms with van der Waals surface area (Å²) in [5.41, 5.74) is 1.90. The van der Waals surface area contributed by atoms with Crippen molar-refractivity contribution in [2.24, 2.45) is 5.92 Å². The van der Waals surface area contributed by atoms with Crippen LogP contribution in [0, 0.1) is 12.8 Å². The molecule has 3 rings (SSSR count). The van der Waals surface area contributed by atoms with Crippen LogP contribution < -0.4 is 10.6 Å². The molecule has 0 spiro atoms. The topological polar surface area (TPSA) is 61.4 Å². The number of hydrogen-bond acceptors (Lipinski definition) is 2. The van der Waals surface area contributed by atoms with E-state index in [-0.39, 0.29) is 17.9 Å². The zero-order chi connectivity index (χ0) is 15.5. The number of urea groups is 1. The average Bonchev–Trinajstić information content (AvgIpc) is 3.33. The van der Waals surface area contributed by atoms with Crippen LogP contribution in [0.1, 0.15) is 31.2 Å². The van der Waals surface area contributed by atoms with E-state index in [2.05, 4.69) is 10.6 Å². The summed E-state index contributed by atoms with van der Waals surface area (Å²) in [6.07, 6.45) is 3.88. The monoisotopic (exact) mass is 301 g/mol. The molecule has 5 nitrogen and oxygen atoms in total. The molecule has 2 N–H and O–H groups in total. The van der Waals surface area contributed by atoms with E-state index in [9.17, 15) is 9.59 Å². The number of aryl methyl sites for hydroxylation is 1. The summed E-state index contributed by atoms with van der Waals surface area (Å²) < 4.78 is 0. The molecule has 1 atom stereocenters. The Labute approximate surface area is 131 Å². The van der Waals surface area contributed by atoms with Crippen LogP contribution in [0.4, 0.5) is 10.5 Å². The quantitative estimate of drug-likeness (QED) is 0.901. The first-order chi connectivity index (χ1) is 10.6. The highest BCUT2D eigenvalue weighted by atomic mass is 16.2. The molecular weight excluding hydrogens is 278 g/mol. The van der Waals surface area contributed by atoms with E-state index in [1.165, 1.54) is 0 Å². The van der Waals surface area contributed by atoms with Crippen molar-refractivity contribution < 1.29 is 9.59 Å². The Bertz CT molecular complexity index is 569. The van der Waals surface area contributed by atoms with Gasteiger partial charge in [-0.15, -0.1) is 0 Å². The normalized spacial score (nSPS) is 21.3. The molecule has 1 unspecified atom stereocenters. The fourth-order valence-electron chi connectivity index (χ4n) is 2.82. The van der Waals surface area contributed by atoms with E-state index in [1.54, 1.807) is 4.90 Å². The number of para-hydroxylation sites is 1. The lowest BCUT2D eigenvalue weighted by Crippen LogP contribution is -2.48. The van der Waals surface area contributed by atoms with Gasteiger partial charge in [-0.25, -0.2) is 4.79 Å². The van der Waals surface area contributed by atoms with Crippen molar-refractivity contribution in [3.63, 3.8) is 0 Å². The van der Waals surface area contributed by atoms with Gasteiger partial charge in [-0.3, -0.25) is 4.79 Å². The van der Waals surface area contributed by atoms with Crippen LogP contribution in [0.2, 0.25) is 0 Å². The summed E-state index contributed by atoms with van der Waals surface area (Å²) in [4.78, 5) is 26.3. The number of benzene rings is 1. The Morgan fingerprint density at radius 2 is 1.95 bits per heavy atom. The molecule has 5 heteroatoms. The van der Waals surface area contributed by atoms with Crippen molar-refractivity contribution in [3.05, 3.63) is 29.8 Å². The minimum Gasteiger partial charge on any atom is -0.335 e. The minimum absolute atomic E-state index is 0.0122. The molecule has 2 fully saturated rings. The smallest absolute Gasteiger partial charge is 0.317 e. The van der Waals surface area contributed by atoms with Crippen LogP contribution in [-0.4, -0.2) is 36.0 Å². The number of nitrogens with one attached hydrogen (secondary N) is 2. The molecule has 3 amide bonds. The molecule has 1 aromatic carbocycles. The number of carbonyl (C=O) groups excluding carboxylic acids is 2. The third-order valence-electron chi connectivity index (χ3n) is 4.39. The van der Waals surface area contributed by atoms with Crippen LogP contribution in [-0.2, 0) is 4.79 Å². The molecule has 1 saturated carbocycles. The summed E-state index contributed by atoms with van der Waals surface area (Å²) in [5, 5.41) is 5.99. The van der Waals surface area contributed by atoms with Crippen molar-refractivity contribution in [2.45, 2.75) is 38.6 Å². The standard InChI is InChI=1S/C17H23N3O2/c1-12-5-2-3-7-15(12)19-16(21)13-6-4-10-20(11-13)17(22)18-14-8-9-14/h2-3,5,7,13-14H,4,6,8-11H2,1H3,(H,18,22)(H,19,21). The Kier molecular flexibility index (Phi) is 4.32. The molecule has 118 valence electrons. The lowest BCUT2D eigenvalue weighted by molar-refractivity contribution is -0.121. The van der Waals surface area contributed by atoms with Gasteiger partial charge in [-0.05, 0) is 44.2 Å². The van der Waals surface area contributed by atoms with E-state index in [1.807, 2.05) is 31.2 Å². The minimum atomic E-state index is -0.127. The van der Waals surface area contributed by atoms with Crippen LogP contribution in [0.5, 0.6) is 0 Å². The average molecular weight is 301 g/mol. The number of rotatable bonds is 3. The number of hydrogen-bond donors (Lipinski definition) is 2. The first kappa shape index (κ1) is 14.9. The van der Waals surface area contributed by atoms with Gasteiger partial charge in [0, 0.05) is 24.8 Å². The van der Waals surface area contributed by atoms with Crippen LogP contribution in [0.15, 0.2) is 24.3 Å². The van der Waals surface area contributed by atoms with Gasteiger partial charge in [0.2, 0.25) is 5.91 Å². The van der Waals surface area contributed by atoms with Gasteiger partial charge in [-0.1, -0.05) is 18.2 Å². The fourth-order valence-corrected chi connectivity index (χ4v) is 2.82. The van der Waals surface area contributed by atoms with Crippen molar-refractivity contribution in [1.82, 2.24) is 10.2 Å². The van der Waals surface area contributed by atoms with E-state index in [0.717, 1.165) is 43.5 Å². The lowest BCUT2D eigenvalue weighted by Gasteiger charge is -2.32. The van der Waals surface area contributed by atoms with E-state index < -0.39 is 0 Å². The third-order valence-corrected chi connectivity index (χ3v) is 4.39. The molecule has 1 aliphatic carbocycles. The molecule has 1 heterocycles. The molecule has 2 aliphatic rings. The van der Waals surface area contributed by atoms with E-state index in [0.29, 0.717) is 12.6 Å². The highest BCUT2D eigenvalue weighted by molar-refractivity contribution is 5.93. The molecule has 0 bridgehead atoms. The number of piperidine rings is 1. The predicted molar refractivity (Wildman–Crippen MR) is 85.7 cm³/mol. The second kappa shape index (κ2) is 6.38. The van der Waals surface area contributed by atoms with Crippen molar-refractivity contribution >= 4 is 17.6 Å². The van der Waals surface area contributed by atoms with Gasteiger partial charge < -0.3 is 15.5 Å². The Morgan fingerprint density at radius 1 is 1.18 bits per heavy atom. The maximum atomic E-state index is 12.5. The molecular formula is C17H23N3O2. The Morgan fingerprint density at radius 3 is 2.68 bits per heavy atom. The Balaban J connectivity index is 1.57. The maximum absolute atomic E-state index is 12.5. The number of anilines is 1. The zero-order valence-electron chi connectivity index (χ0n) is 13.0. The number of amides is 3. The van der Waals surface area contributed by atoms with Gasteiger partial charge in [-0.2, -0.15) is 0 Å². The highest BCUT2D eigenvalue weighted by Gasteiger charge is 2.31. The lowest BCUT2D eigenvalue weighted by atomic mass is 9.97. The van der Waals surface area contributed by atoms with Crippen LogP contribution >= 0.6 is 0 Å². The van der Waals surface area contributed by atoms with Crippen LogP contribution in [0.3, 0.4) is 0 Å². The van der Waals surface area contributed by atoms with Crippen molar-refractivity contribution in [3.8, 4) is 0 Å². The molecule has 1 aromatic rings. The summed E-state index contributed by atoms with van der Waals surface area (Å²) in [6, 6.07) is 8.10. The van der Waals surface area contributed by atoms with Crippen molar-refractivity contribution in [2.75, 3.05) is 18.4 Å². The number of likely N-dealkylation sites (tertiary alicyclic amines) is 1. The summed E-state index contributed by atoms with van der Waals surface area (Å²) in [6.45, 7) is 3.23. The molecule has 22 heavy (non-hydrogen) atoms. The first-order valence-electron chi connectivity index (χ1n) is 8.05. The predicted octanol–water partition coefficient (Wildman–Crippen LogP) is 2.52. The largest absolute Gasteiger partial charge is 0.335 e. The summed E-state index contributed by atoms with van der Waals surface area (Å²) in [7, 11) is 0. The third kappa shape index (κ3) is 3.59. The first-order valence-corrected chi connectivity index (χ1v) is 8.05. The molecule has 0 radical (unpaired) electrons. The van der Waals surface area contributed by atoms with Gasteiger partial charge in [0.1, 0.15) is 0 Å². The molecule has 0 aromatic heterocycles. The van der Waals surface area contributed by atoms with E-state index in [4.69, 9.17) is 0 Å². The maximum Gasteiger partial charge on any atom is 0.317 e. The molecule has 1 aliphatic heterocycles. The SMILES string of the molecule is Cc1ccccc1NC(=O)C1CCCN(C(=O)NC2CC2)C1. The second-order valence-corrected chi connectivity index (χ2v) is 6.31. The Hall–Kier alpha value is -2.04. The van der Waals surface area contributed by atoms with Gasteiger partial charge in [0.05, 0.1) is 5.92 Å². The zero-order valence-corrected chi connectivity index (χ0v) is 13.0. The summed E-state index contributed by atoms with van der Waals surface area (Å²) in [5.74, 6) is -0.114. The highest BCUT2D eigenvalue weighted by Crippen LogP contribution is 2.22. The molecule has 1 saturated heterocycles. The number of nitrogens with zero attached hydrogens (tertiary/aromatic N) is 1. The number of carbonyl (C=O) groups is 2. The van der Waals surface area contributed by atoms with Crippen molar-refractivity contribution in [1.29, 1.82) is 0 Å². The van der Waals surface area contributed by atoms with Crippen LogP contribution in [0.25, 0.3) is 0 Å². The van der Waals surface area contributed by atoms with Gasteiger partial charge >= 0.3 is 6.03 Å². The summed E-state index contributed by atoms with van der Waals surface area (Å²) >= 11 is 0. The van der Waals surface area contributed by atoms with E-state index >= 15 is 0 Å². The van der Waals surface area contributed by atoms with Gasteiger partial charge in [0.25, 0.3) is 0 Å².